The Morgan fingerprint density at radius 2 is 2.09 bits per heavy atom. The lowest BCUT2D eigenvalue weighted by atomic mass is 10.1. The first kappa shape index (κ1) is 16.2. The van der Waals surface area contributed by atoms with E-state index in [0.29, 0.717) is 5.75 Å². The highest BCUT2D eigenvalue weighted by atomic mass is 16.8. The van der Waals surface area contributed by atoms with Crippen molar-refractivity contribution in [2.45, 2.75) is 13.3 Å². The van der Waals surface area contributed by atoms with Crippen molar-refractivity contribution in [3.63, 3.8) is 0 Å². The maximum Gasteiger partial charge on any atom is 0.511 e. The molecule has 0 aliphatic carbocycles. The second-order valence-electron chi connectivity index (χ2n) is 5.14. The second-order valence-corrected chi connectivity index (χ2v) is 5.14. The summed E-state index contributed by atoms with van der Waals surface area (Å²) in [7, 11) is 4.08. The Kier molecular flexibility index (Phi) is 5.66. The van der Waals surface area contributed by atoms with Crippen molar-refractivity contribution < 1.29 is 19.0 Å². The zero-order chi connectivity index (χ0) is 15.9. The fourth-order valence-electron chi connectivity index (χ4n) is 2.18. The molecule has 1 aromatic carbocycles. The molecular weight excluding hydrogens is 284 g/mol. The summed E-state index contributed by atoms with van der Waals surface area (Å²) in [4.78, 5) is 16.5. The van der Waals surface area contributed by atoms with Gasteiger partial charge in [0.2, 0.25) is 6.79 Å². The van der Waals surface area contributed by atoms with Crippen LogP contribution >= 0.6 is 0 Å². The molecule has 0 aliphatic rings. The summed E-state index contributed by atoms with van der Waals surface area (Å²) in [6.45, 7) is 2.78. The van der Waals surface area contributed by atoms with Gasteiger partial charge in [-0.05, 0) is 45.1 Å². The van der Waals surface area contributed by atoms with Crippen LogP contribution in [-0.4, -0.2) is 50.1 Å². The van der Waals surface area contributed by atoms with E-state index in [0.717, 1.165) is 23.9 Å². The van der Waals surface area contributed by atoms with Crippen LogP contribution in [0.5, 0.6) is 5.75 Å². The van der Waals surface area contributed by atoms with Crippen LogP contribution in [0.25, 0.3) is 10.9 Å². The van der Waals surface area contributed by atoms with Crippen molar-refractivity contribution in [1.29, 1.82) is 0 Å². The van der Waals surface area contributed by atoms with E-state index in [1.807, 2.05) is 38.5 Å². The molecule has 6 nitrogen and oxygen atoms in total. The fourth-order valence-corrected chi connectivity index (χ4v) is 2.18. The van der Waals surface area contributed by atoms with Crippen LogP contribution in [0.15, 0.2) is 24.4 Å². The SMILES string of the molecule is CCOC(=O)OCOc1cccc2[nH]cc(CCN(C)C)c12. The number of benzene rings is 1. The summed E-state index contributed by atoms with van der Waals surface area (Å²) in [5.74, 6) is 0.691. The Balaban J connectivity index is 2.08. The van der Waals surface area contributed by atoms with Crippen LogP contribution in [0, 0.1) is 0 Å². The molecule has 0 bridgehead atoms. The molecule has 0 aliphatic heterocycles. The molecule has 0 spiro atoms. The summed E-state index contributed by atoms with van der Waals surface area (Å²) >= 11 is 0. The van der Waals surface area contributed by atoms with Crippen molar-refractivity contribution >= 4 is 17.1 Å². The standard InChI is InChI=1S/C16H22N2O4/c1-4-20-16(19)22-11-21-14-7-5-6-13-15(14)12(10-17-13)8-9-18(2)3/h5-7,10,17H,4,8-9,11H2,1-3H3. The molecule has 0 fully saturated rings. The number of fused-ring (bicyclic) bond motifs is 1. The van der Waals surface area contributed by atoms with Crippen molar-refractivity contribution in [2.75, 3.05) is 34.0 Å². The van der Waals surface area contributed by atoms with Gasteiger partial charge in [-0.15, -0.1) is 0 Å². The third-order valence-corrected chi connectivity index (χ3v) is 3.23. The molecule has 1 heterocycles. The zero-order valence-electron chi connectivity index (χ0n) is 13.2. The monoisotopic (exact) mass is 306 g/mol. The van der Waals surface area contributed by atoms with Gasteiger partial charge in [0.25, 0.3) is 0 Å². The summed E-state index contributed by atoms with van der Waals surface area (Å²) in [6.07, 6.45) is 2.18. The Morgan fingerprint density at radius 1 is 1.27 bits per heavy atom. The Labute approximate surface area is 130 Å². The first-order valence-corrected chi connectivity index (χ1v) is 7.28. The predicted molar refractivity (Wildman–Crippen MR) is 84.2 cm³/mol. The van der Waals surface area contributed by atoms with Gasteiger partial charge in [-0.3, -0.25) is 0 Å². The zero-order valence-corrected chi connectivity index (χ0v) is 13.2. The number of likely N-dealkylation sites (N-methyl/N-ethyl adjacent to an activating group) is 1. The van der Waals surface area contributed by atoms with Gasteiger partial charge >= 0.3 is 6.16 Å². The molecule has 0 saturated carbocycles. The smallest absolute Gasteiger partial charge is 0.457 e. The molecule has 6 heteroatoms. The van der Waals surface area contributed by atoms with Gasteiger partial charge in [0.05, 0.1) is 6.61 Å². The van der Waals surface area contributed by atoms with Gasteiger partial charge in [0.1, 0.15) is 5.75 Å². The Bertz CT molecular complexity index is 622. The molecule has 0 radical (unpaired) electrons. The van der Waals surface area contributed by atoms with E-state index in [9.17, 15) is 4.79 Å². The number of H-pyrrole nitrogens is 1. The van der Waals surface area contributed by atoms with Crippen molar-refractivity contribution in [2.24, 2.45) is 0 Å². The highest BCUT2D eigenvalue weighted by Crippen LogP contribution is 2.29. The molecule has 0 saturated heterocycles. The van der Waals surface area contributed by atoms with Crippen LogP contribution in [0.3, 0.4) is 0 Å². The minimum atomic E-state index is -0.725. The number of ether oxygens (including phenoxy) is 3. The van der Waals surface area contributed by atoms with Gasteiger partial charge in [0.15, 0.2) is 0 Å². The molecule has 1 N–H and O–H groups in total. The first-order valence-electron chi connectivity index (χ1n) is 7.28. The topological polar surface area (TPSA) is 63.8 Å². The van der Waals surface area contributed by atoms with Gasteiger partial charge < -0.3 is 24.1 Å². The Hall–Kier alpha value is -2.21. The average Bonchev–Trinajstić information content (AvgIpc) is 2.89. The van der Waals surface area contributed by atoms with Crippen LogP contribution in [0.1, 0.15) is 12.5 Å². The van der Waals surface area contributed by atoms with Crippen molar-refractivity contribution in [3.8, 4) is 5.75 Å². The van der Waals surface area contributed by atoms with E-state index < -0.39 is 6.16 Å². The molecule has 0 atom stereocenters. The van der Waals surface area contributed by atoms with E-state index in [4.69, 9.17) is 9.47 Å². The fraction of sp³-hybridized carbons (Fsp3) is 0.438. The number of carbonyl (C=O) groups excluding carboxylic acids is 1. The maximum atomic E-state index is 11.2. The van der Waals surface area contributed by atoms with E-state index in [1.54, 1.807) is 6.92 Å². The molecule has 0 amide bonds. The quantitative estimate of drug-likeness (QED) is 0.629. The maximum absolute atomic E-state index is 11.2. The van der Waals surface area contributed by atoms with Crippen LogP contribution in [-0.2, 0) is 15.9 Å². The van der Waals surface area contributed by atoms with Crippen LogP contribution in [0.4, 0.5) is 4.79 Å². The molecule has 1 aromatic heterocycles. The highest BCUT2D eigenvalue weighted by Gasteiger charge is 2.11. The highest BCUT2D eigenvalue weighted by molar-refractivity contribution is 5.89. The van der Waals surface area contributed by atoms with Crippen molar-refractivity contribution in [1.82, 2.24) is 9.88 Å². The normalized spacial score (nSPS) is 10.9. The number of hydrogen-bond donors (Lipinski definition) is 1. The van der Waals surface area contributed by atoms with Crippen molar-refractivity contribution in [3.05, 3.63) is 30.0 Å². The van der Waals surface area contributed by atoms with E-state index in [2.05, 4.69) is 14.6 Å². The number of aromatic amines is 1. The van der Waals surface area contributed by atoms with E-state index >= 15 is 0 Å². The van der Waals surface area contributed by atoms with E-state index in [-0.39, 0.29) is 13.4 Å². The van der Waals surface area contributed by atoms with Crippen LogP contribution < -0.4 is 4.74 Å². The third kappa shape index (κ3) is 4.14. The minimum Gasteiger partial charge on any atom is -0.457 e. The summed E-state index contributed by atoms with van der Waals surface area (Å²) in [6, 6.07) is 5.76. The lowest BCUT2D eigenvalue weighted by molar-refractivity contribution is 0.00740. The first-order chi connectivity index (χ1) is 10.6. The number of nitrogens with zero attached hydrogens (tertiary/aromatic N) is 1. The number of aromatic nitrogens is 1. The summed E-state index contributed by atoms with van der Waals surface area (Å²) in [5, 5.41) is 1.02. The van der Waals surface area contributed by atoms with Gasteiger partial charge in [-0.2, -0.15) is 0 Å². The van der Waals surface area contributed by atoms with Crippen LogP contribution in [0.2, 0.25) is 0 Å². The van der Waals surface area contributed by atoms with E-state index in [1.165, 1.54) is 5.56 Å². The number of nitrogens with one attached hydrogen (secondary N) is 1. The molecule has 22 heavy (non-hydrogen) atoms. The molecule has 2 rings (SSSR count). The molecule has 0 unspecified atom stereocenters. The number of rotatable bonds is 7. The number of carbonyl (C=O) groups is 1. The average molecular weight is 306 g/mol. The minimum absolute atomic E-state index is 0.170. The van der Waals surface area contributed by atoms with Gasteiger partial charge in [-0.25, -0.2) is 4.79 Å². The lowest BCUT2D eigenvalue weighted by Crippen LogP contribution is -2.15. The molecular formula is C16H22N2O4. The molecule has 2 aromatic rings. The largest absolute Gasteiger partial charge is 0.511 e. The summed E-state index contributed by atoms with van der Waals surface area (Å²) < 4.78 is 15.1. The predicted octanol–water partition coefficient (Wildman–Crippen LogP) is 2.78. The summed E-state index contributed by atoms with van der Waals surface area (Å²) in [5.41, 5.74) is 2.18. The lowest BCUT2D eigenvalue weighted by Gasteiger charge is -2.11. The number of hydrogen-bond acceptors (Lipinski definition) is 5. The van der Waals surface area contributed by atoms with Gasteiger partial charge in [0, 0.05) is 23.6 Å². The van der Waals surface area contributed by atoms with Gasteiger partial charge in [-0.1, -0.05) is 6.07 Å². The third-order valence-electron chi connectivity index (χ3n) is 3.23. The molecule has 120 valence electrons. The second kappa shape index (κ2) is 7.70. The Morgan fingerprint density at radius 3 is 2.82 bits per heavy atom.